The minimum Gasteiger partial charge on any atom is -0.467 e. The maximum Gasteiger partial charge on any atom is 0.374 e. The number of nitrogens with one attached hydrogen (secondary N) is 2. The predicted octanol–water partition coefficient (Wildman–Crippen LogP) is 1.36. The van der Waals surface area contributed by atoms with E-state index in [-0.39, 0.29) is 12.3 Å². The van der Waals surface area contributed by atoms with Gasteiger partial charge in [0.25, 0.3) is 5.91 Å². The molecule has 2 aromatic rings. The molecule has 0 aliphatic rings. The summed E-state index contributed by atoms with van der Waals surface area (Å²) in [6, 6.07) is 5.67. The highest BCUT2D eigenvalue weighted by atomic mass is 16.5. The molecule has 2 N–H and O–H groups in total. The summed E-state index contributed by atoms with van der Waals surface area (Å²) < 4.78 is 14.8. The molecular formula is C14H14N2O6. The number of esters is 1. The van der Waals surface area contributed by atoms with Crippen molar-refractivity contribution in [1.82, 2.24) is 10.6 Å². The van der Waals surface area contributed by atoms with Gasteiger partial charge in [-0.15, -0.1) is 0 Å². The minimum atomic E-state index is -0.778. The van der Waals surface area contributed by atoms with Gasteiger partial charge in [0.1, 0.15) is 11.5 Å². The zero-order valence-electron chi connectivity index (χ0n) is 11.8. The van der Waals surface area contributed by atoms with Crippen LogP contribution in [0.5, 0.6) is 0 Å². The summed E-state index contributed by atoms with van der Waals surface area (Å²) in [5.41, 5.74) is 0. The Morgan fingerprint density at radius 2 is 2.05 bits per heavy atom. The molecule has 22 heavy (non-hydrogen) atoms. The average Bonchev–Trinajstić information content (AvgIpc) is 3.14. The Labute approximate surface area is 125 Å². The van der Waals surface area contributed by atoms with E-state index in [9.17, 15) is 14.4 Å². The zero-order chi connectivity index (χ0) is 15.9. The Balaban J connectivity index is 1.68. The summed E-state index contributed by atoms with van der Waals surface area (Å²) in [6.07, 6.45) is 1.47. The van der Waals surface area contributed by atoms with E-state index in [1.54, 1.807) is 25.1 Å². The second-order valence-electron chi connectivity index (χ2n) is 4.30. The Bertz CT molecular complexity index is 659. The monoisotopic (exact) mass is 306 g/mol. The topological polar surface area (TPSA) is 111 Å². The first kappa shape index (κ1) is 15.4. The van der Waals surface area contributed by atoms with Crippen molar-refractivity contribution in [3.05, 3.63) is 47.8 Å². The molecule has 8 nitrogen and oxygen atoms in total. The number of hydrogen-bond acceptors (Lipinski definition) is 6. The van der Waals surface area contributed by atoms with Gasteiger partial charge >= 0.3 is 12.0 Å². The summed E-state index contributed by atoms with van der Waals surface area (Å²) in [5.74, 6) is -0.448. The van der Waals surface area contributed by atoms with E-state index in [0.717, 1.165) is 0 Å². The van der Waals surface area contributed by atoms with Gasteiger partial charge in [-0.25, -0.2) is 9.59 Å². The van der Waals surface area contributed by atoms with Crippen molar-refractivity contribution in [3.8, 4) is 0 Å². The van der Waals surface area contributed by atoms with Gasteiger partial charge in [0, 0.05) is 0 Å². The lowest BCUT2D eigenvalue weighted by Gasteiger charge is -2.05. The van der Waals surface area contributed by atoms with E-state index in [0.29, 0.717) is 11.5 Å². The second kappa shape index (κ2) is 7.11. The third-order valence-electron chi connectivity index (χ3n) is 2.53. The number of ether oxygens (including phenoxy) is 1. The SMILES string of the molecule is Cc1ccc(C(=O)OCC(=O)NC(=O)NCc2ccco2)o1. The average molecular weight is 306 g/mol. The molecule has 116 valence electrons. The number of carbonyl (C=O) groups is 3. The standard InChI is InChI=1S/C14H14N2O6/c1-9-4-5-11(22-9)13(18)21-8-12(17)16-14(19)15-7-10-3-2-6-20-10/h2-6H,7-8H2,1H3,(H2,15,16,17,19). The number of amides is 3. The molecule has 2 aromatic heterocycles. The third kappa shape index (κ3) is 4.51. The van der Waals surface area contributed by atoms with Crippen LogP contribution in [0.1, 0.15) is 22.1 Å². The van der Waals surface area contributed by atoms with Crippen LogP contribution in [0.3, 0.4) is 0 Å². The van der Waals surface area contributed by atoms with Crippen LogP contribution in [-0.4, -0.2) is 24.5 Å². The minimum absolute atomic E-state index is 0.00688. The van der Waals surface area contributed by atoms with Crippen LogP contribution in [0.4, 0.5) is 4.79 Å². The molecule has 0 atom stereocenters. The molecule has 0 aliphatic carbocycles. The number of carbonyl (C=O) groups excluding carboxylic acids is 3. The highest BCUT2D eigenvalue weighted by Crippen LogP contribution is 2.07. The molecule has 0 spiro atoms. The fourth-order valence-electron chi connectivity index (χ4n) is 1.53. The van der Waals surface area contributed by atoms with Crippen LogP contribution in [0.15, 0.2) is 39.4 Å². The van der Waals surface area contributed by atoms with Crippen LogP contribution in [0, 0.1) is 6.92 Å². The number of aryl methyl sites for hydroxylation is 1. The van der Waals surface area contributed by atoms with Crippen LogP contribution < -0.4 is 10.6 Å². The molecule has 0 aliphatic heterocycles. The summed E-state index contributed by atoms with van der Waals surface area (Å²) >= 11 is 0. The smallest absolute Gasteiger partial charge is 0.374 e. The molecular weight excluding hydrogens is 292 g/mol. The quantitative estimate of drug-likeness (QED) is 0.807. The molecule has 2 heterocycles. The molecule has 3 amide bonds. The lowest BCUT2D eigenvalue weighted by Crippen LogP contribution is -2.41. The summed E-state index contributed by atoms with van der Waals surface area (Å²) in [6.45, 7) is 1.22. The van der Waals surface area contributed by atoms with Crippen molar-refractivity contribution >= 4 is 17.9 Å². The number of hydrogen-bond donors (Lipinski definition) is 2. The van der Waals surface area contributed by atoms with Gasteiger partial charge in [0.05, 0.1) is 12.8 Å². The van der Waals surface area contributed by atoms with Gasteiger partial charge in [-0.1, -0.05) is 0 Å². The first-order valence-electron chi connectivity index (χ1n) is 6.38. The van der Waals surface area contributed by atoms with Crippen molar-refractivity contribution in [2.24, 2.45) is 0 Å². The fraction of sp³-hybridized carbons (Fsp3) is 0.214. The van der Waals surface area contributed by atoms with Crippen LogP contribution in [0.2, 0.25) is 0 Å². The van der Waals surface area contributed by atoms with E-state index < -0.39 is 24.5 Å². The van der Waals surface area contributed by atoms with Crippen LogP contribution in [0.25, 0.3) is 0 Å². The Morgan fingerprint density at radius 3 is 2.68 bits per heavy atom. The predicted molar refractivity (Wildman–Crippen MR) is 72.8 cm³/mol. The van der Waals surface area contributed by atoms with E-state index in [1.807, 2.05) is 5.32 Å². The van der Waals surface area contributed by atoms with Crippen molar-refractivity contribution in [3.63, 3.8) is 0 Å². The lowest BCUT2D eigenvalue weighted by molar-refractivity contribution is -0.123. The highest BCUT2D eigenvalue weighted by Gasteiger charge is 2.15. The number of urea groups is 1. The fourth-order valence-corrected chi connectivity index (χ4v) is 1.53. The van der Waals surface area contributed by atoms with E-state index in [1.165, 1.54) is 12.3 Å². The number of imide groups is 1. The molecule has 2 rings (SSSR count). The van der Waals surface area contributed by atoms with Gasteiger partial charge in [-0.2, -0.15) is 0 Å². The second-order valence-corrected chi connectivity index (χ2v) is 4.30. The largest absolute Gasteiger partial charge is 0.467 e. The van der Waals surface area contributed by atoms with Crippen LogP contribution in [-0.2, 0) is 16.1 Å². The van der Waals surface area contributed by atoms with Crippen molar-refractivity contribution in [2.75, 3.05) is 6.61 Å². The van der Waals surface area contributed by atoms with E-state index in [2.05, 4.69) is 5.32 Å². The molecule has 0 saturated heterocycles. The summed E-state index contributed by atoms with van der Waals surface area (Å²) in [5, 5.41) is 4.43. The summed E-state index contributed by atoms with van der Waals surface area (Å²) in [4.78, 5) is 34.4. The van der Waals surface area contributed by atoms with Gasteiger partial charge < -0.3 is 18.9 Å². The highest BCUT2D eigenvalue weighted by molar-refractivity contribution is 5.96. The zero-order valence-corrected chi connectivity index (χ0v) is 11.8. The van der Waals surface area contributed by atoms with Gasteiger partial charge in [-0.05, 0) is 31.2 Å². The van der Waals surface area contributed by atoms with Crippen molar-refractivity contribution < 1.29 is 28.0 Å². The summed E-state index contributed by atoms with van der Waals surface area (Å²) in [7, 11) is 0. The number of furan rings is 2. The van der Waals surface area contributed by atoms with E-state index >= 15 is 0 Å². The number of rotatable bonds is 5. The molecule has 0 unspecified atom stereocenters. The third-order valence-corrected chi connectivity index (χ3v) is 2.53. The maximum atomic E-state index is 11.5. The van der Waals surface area contributed by atoms with Crippen LogP contribution >= 0.6 is 0 Å². The lowest BCUT2D eigenvalue weighted by atomic mass is 10.4. The molecule has 0 radical (unpaired) electrons. The molecule has 0 aromatic carbocycles. The molecule has 0 fully saturated rings. The first-order valence-corrected chi connectivity index (χ1v) is 6.38. The molecule has 0 bridgehead atoms. The van der Waals surface area contributed by atoms with Crippen molar-refractivity contribution in [2.45, 2.75) is 13.5 Å². The van der Waals surface area contributed by atoms with Crippen molar-refractivity contribution in [1.29, 1.82) is 0 Å². The normalized spacial score (nSPS) is 10.0. The van der Waals surface area contributed by atoms with E-state index in [4.69, 9.17) is 13.6 Å². The maximum absolute atomic E-state index is 11.5. The van der Waals surface area contributed by atoms with Gasteiger partial charge in [0.2, 0.25) is 5.76 Å². The Morgan fingerprint density at radius 1 is 1.23 bits per heavy atom. The Hall–Kier alpha value is -3.03. The Kier molecular flexibility index (Phi) is 4.97. The first-order chi connectivity index (χ1) is 10.5. The molecule has 8 heteroatoms. The van der Waals surface area contributed by atoms with Gasteiger partial charge in [-0.3, -0.25) is 10.1 Å². The van der Waals surface area contributed by atoms with Gasteiger partial charge in [0.15, 0.2) is 6.61 Å². The molecule has 0 saturated carbocycles.